The number of unbranched alkanes of at least 4 members (excludes halogenated alkanes) is 1. The van der Waals surface area contributed by atoms with Gasteiger partial charge in [0.15, 0.2) is 0 Å². The van der Waals surface area contributed by atoms with E-state index in [4.69, 9.17) is 4.42 Å². The first-order valence-corrected chi connectivity index (χ1v) is 15.5. The minimum atomic E-state index is -4.66. The standard InChI is InChI=1S/C32H29F3N4O5S/c1-3-4-9-29-36-39(28-8-6-5-7-27(28)32(33,34)35)31(41)38(29)20-22-10-12-23(13-11-22)24-14-16-25(17-15-24)45(42,43)37-30(40)26-18-19-44-21(26)2/h5-8,10-19H,3-4,9,20H2,1-2H3,(H,37,40). The number of furan rings is 1. The van der Waals surface area contributed by atoms with Crippen LogP contribution >= 0.6 is 0 Å². The van der Waals surface area contributed by atoms with Gasteiger partial charge in [-0.1, -0.05) is 61.9 Å². The van der Waals surface area contributed by atoms with Crippen molar-refractivity contribution in [2.75, 3.05) is 0 Å². The molecule has 9 nitrogen and oxygen atoms in total. The summed E-state index contributed by atoms with van der Waals surface area (Å²) in [5.41, 5.74) is 0.353. The maximum Gasteiger partial charge on any atom is 0.418 e. The third-order valence-corrected chi connectivity index (χ3v) is 8.60. The van der Waals surface area contributed by atoms with E-state index in [0.717, 1.165) is 28.3 Å². The maximum absolute atomic E-state index is 13.7. The van der Waals surface area contributed by atoms with Crippen LogP contribution in [-0.2, 0) is 29.2 Å². The molecule has 5 rings (SSSR count). The number of para-hydroxylation sites is 1. The third-order valence-electron chi connectivity index (χ3n) is 7.25. The third kappa shape index (κ3) is 6.78. The van der Waals surface area contributed by atoms with E-state index in [9.17, 15) is 31.2 Å². The van der Waals surface area contributed by atoms with Gasteiger partial charge in [-0.05, 0) is 60.4 Å². The number of nitrogens with zero attached hydrogens (tertiary/aromatic N) is 3. The first-order chi connectivity index (χ1) is 21.4. The topological polar surface area (TPSA) is 116 Å². The van der Waals surface area contributed by atoms with Crippen LogP contribution in [0.2, 0.25) is 0 Å². The molecule has 0 radical (unpaired) electrons. The lowest BCUT2D eigenvalue weighted by Crippen LogP contribution is -2.30. The minimum absolute atomic E-state index is 0.0966. The summed E-state index contributed by atoms with van der Waals surface area (Å²) < 4.78 is 75.9. The van der Waals surface area contributed by atoms with Crippen molar-refractivity contribution >= 4 is 15.9 Å². The quantitative estimate of drug-likeness (QED) is 0.197. The van der Waals surface area contributed by atoms with E-state index < -0.39 is 33.4 Å². The molecule has 1 N–H and O–H groups in total. The normalized spacial score (nSPS) is 11.9. The molecule has 0 unspecified atom stereocenters. The van der Waals surface area contributed by atoms with Gasteiger partial charge >= 0.3 is 11.9 Å². The summed E-state index contributed by atoms with van der Waals surface area (Å²) in [5.74, 6) is -0.119. The summed E-state index contributed by atoms with van der Waals surface area (Å²) in [4.78, 5) is 25.7. The fourth-order valence-electron chi connectivity index (χ4n) is 4.84. The van der Waals surface area contributed by atoms with Crippen LogP contribution in [-0.4, -0.2) is 28.7 Å². The fraction of sp³-hybridized carbons (Fsp3) is 0.219. The summed E-state index contributed by atoms with van der Waals surface area (Å²) in [5, 5.41) is 4.30. The molecule has 2 heterocycles. The number of sulfonamides is 1. The van der Waals surface area contributed by atoms with E-state index in [2.05, 4.69) is 5.10 Å². The van der Waals surface area contributed by atoms with Crippen molar-refractivity contribution in [2.24, 2.45) is 0 Å². The van der Waals surface area contributed by atoms with Crippen LogP contribution in [0, 0.1) is 6.92 Å². The maximum atomic E-state index is 13.7. The number of nitrogens with one attached hydrogen (secondary N) is 1. The van der Waals surface area contributed by atoms with Gasteiger partial charge < -0.3 is 4.42 Å². The lowest BCUT2D eigenvalue weighted by Gasteiger charge is -2.11. The SMILES string of the molecule is CCCCc1nn(-c2ccccc2C(F)(F)F)c(=O)n1Cc1ccc(-c2ccc(S(=O)(=O)NC(=O)c3ccoc3C)cc2)cc1. The summed E-state index contributed by atoms with van der Waals surface area (Å²) in [6.07, 6.45) is -1.43. The monoisotopic (exact) mass is 638 g/mol. The zero-order chi connectivity index (χ0) is 32.4. The van der Waals surface area contributed by atoms with Crippen LogP contribution in [0.4, 0.5) is 13.2 Å². The average molecular weight is 639 g/mol. The first kappa shape index (κ1) is 31.5. The molecule has 0 aliphatic carbocycles. The van der Waals surface area contributed by atoms with Crippen LogP contribution in [0.15, 0.2) is 99.2 Å². The van der Waals surface area contributed by atoms with Gasteiger partial charge in [-0.15, -0.1) is 5.10 Å². The van der Waals surface area contributed by atoms with Crippen LogP contribution in [0.5, 0.6) is 0 Å². The number of carbonyl (C=O) groups is 1. The average Bonchev–Trinajstić information content (AvgIpc) is 3.58. The van der Waals surface area contributed by atoms with E-state index in [1.807, 2.05) is 11.6 Å². The number of hydrogen-bond acceptors (Lipinski definition) is 6. The fourth-order valence-corrected chi connectivity index (χ4v) is 5.81. The molecular formula is C32H29F3N4O5S. The van der Waals surface area contributed by atoms with Crippen molar-refractivity contribution in [1.29, 1.82) is 0 Å². The van der Waals surface area contributed by atoms with Gasteiger partial charge in [-0.25, -0.2) is 17.9 Å². The van der Waals surface area contributed by atoms with Crippen LogP contribution in [0.3, 0.4) is 0 Å². The molecule has 0 aliphatic heterocycles. The smallest absolute Gasteiger partial charge is 0.418 e. The Labute approximate surface area is 257 Å². The minimum Gasteiger partial charge on any atom is -0.469 e. The number of alkyl halides is 3. The summed E-state index contributed by atoms with van der Waals surface area (Å²) >= 11 is 0. The number of benzene rings is 3. The summed E-state index contributed by atoms with van der Waals surface area (Å²) in [6.45, 7) is 3.62. The molecule has 45 heavy (non-hydrogen) atoms. The van der Waals surface area contributed by atoms with Crippen LogP contribution in [0.25, 0.3) is 16.8 Å². The molecule has 0 atom stereocenters. The predicted octanol–water partition coefficient (Wildman–Crippen LogP) is 6.13. The van der Waals surface area contributed by atoms with Crippen molar-refractivity contribution in [3.05, 3.63) is 124 Å². The Morgan fingerprint density at radius 1 is 0.956 bits per heavy atom. The molecule has 13 heteroatoms. The van der Waals surface area contributed by atoms with Gasteiger partial charge in [0.2, 0.25) is 0 Å². The molecule has 0 saturated heterocycles. The van der Waals surface area contributed by atoms with Gasteiger partial charge in [-0.2, -0.15) is 17.9 Å². The highest BCUT2D eigenvalue weighted by Gasteiger charge is 2.35. The lowest BCUT2D eigenvalue weighted by molar-refractivity contribution is -0.137. The molecule has 3 aromatic carbocycles. The molecule has 234 valence electrons. The highest BCUT2D eigenvalue weighted by Crippen LogP contribution is 2.33. The Morgan fingerprint density at radius 2 is 1.60 bits per heavy atom. The van der Waals surface area contributed by atoms with Gasteiger partial charge in [0.25, 0.3) is 15.9 Å². The number of aryl methyl sites for hydroxylation is 2. The Kier molecular flexibility index (Phi) is 8.82. The van der Waals surface area contributed by atoms with Gasteiger partial charge in [0.05, 0.1) is 34.5 Å². The second-order valence-electron chi connectivity index (χ2n) is 10.4. The van der Waals surface area contributed by atoms with Crippen molar-refractivity contribution in [3.63, 3.8) is 0 Å². The zero-order valence-corrected chi connectivity index (χ0v) is 25.2. The summed E-state index contributed by atoms with van der Waals surface area (Å²) in [6, 6.07) is 19.4. The second-order valence-corrected chi connectivity index (χ2v) is 12.0. The Hall–Kier alpha value is -4.91. The Balaban J connectivity index is 1.37. The molecule has 0 fully saturated rings. The molecule has 0 aliphatic rings. The van der Waals surface area contributed by atoms with E-state index in [1.165, 1.54) is 47.2 Å². The molecule has 0 bridgehead atoms. The molecule has 0 saturated carbocycles. The van der Waals surface area contributed by atoms with Crippen molar-refractivity contribution in [3.8, 4) is 16.8 Å². The number of rotatable bonds is 10. The lowest BCUT2D eigenvalue weighted by atomic mass is 10.0. The van der Waals surface area contributed by atoms with Gasteiger partial charge in [0.1, 0.15) is 11.6 Å². The first-order valence-electron chi connectivity index (χ1n) is 14.0. The number of amides is 1. The summed E-state index contributed by atoms with van der Waals surface area (Å²) in [7, 11) is -4.13. The van der Waals surface area contributed by atoms with Crippen LogP contribution < -0.4 is 10.4 Å². The number of hydrogen-bond donors (Lipinski definition) is 1. The molecular weight excluding hydrogens is 609 g/mol. The number of halogens is 3. The highest BCUT2D eigenvalue weighted by atomic mass is 32.2. The van der Waals surface area contributed by atoms with E-state index in [0.29, 0.717) is 30.0 Å². The van der Waals surface area contributed by atoms with Crippen molar-refractivity contribution < 1.29 is 30.8 Å². The molecule has 1 amide bonds. The van der Waals surface area contributed by atoms with Gasteiger partial charge in [-0.3, -0.25) is 9.36 Å². The Bertz CT molecular complexity index is 1990. The van der Waals surface area contributed by atoms with E-state index in [-0.39, 0.29) is 22.7 Å². The van der Waals surface area contributed by atoms with E-state index >= 15 is 0 Å². The zero-order valence-electron chi connectivity index (χ0n) is 24.3. The number of aromatic nitrogens is 3. The van der Waals surface area contributed by atoms with Gasteiger partial charge in [0, 0.05) is 6.42 Å². The number of carbonyl (C=O) groups excluding carboxylic acids is 1. The van der Waals surface area contributed by atoms with Crippen LogP contribution in [0.1, 0.15) is 52.8 Å². The highest BCUT2D eigenvalue weighted by molar-refractivity contribution is 7.90. The predicted molar refractivity (Wildman–Crippen MR) is 161 cm³/mol. The van der Waals surface area contributed by atoms with Crippen molar-refractivity contribution in [2.45, 2.75) is 50.7 Å². The Morgan fingerprint density at radius 3 is 2.20 bits per heavy atom. The molecule has 5 aromatic rings. The molecule has 0 spiro atoms. The largest absolute Gasteiger partial charge is 0.469 e. The molecule has 2 aromatic heterocycles. The van der Waals surface area contributed by atoms with Crippen molar-refractivity contribution in [1.82, 2.24) is 19.1 Å². The van der Waals surface area contributed by atoms with E-state index in [1.54, 1.807) is 43.3 Å². The second kappa shape index (κ2) is 12.6.